The maximum atomic E-state index is 12.0. The first-order chi connectivity index (χ1) is 9.99. The average molecular weight is 290 g/mol. The molecule has 0 spiro atoms. The second-order valence-electron chi connectivity index (χ2n) is 5.25. The zero-order valence-electron chi connectivity index (χ0n) is 12.8. The van der Waals surface area contributed by atoms with Gasteiger partial charge in [-0.05, 0) is 33.8 Å². The van der Waals surface area contributed by atoms with Crippen molar-refractivity contribution in [1.82, 2.24) is 25.3 Å². The molecule has 2 aromatic rings. The summed E-state index contributed by atoms with van der Waals surface area (Å²) in [4.78, 5) is 12.0. The third kappa shape index (κ3) is 3.69. The summed E-state index contributed by atoms with van der Waals surface area (Å²) in [5, 5.41) is 17.2. The van der Waals surface area contributed by atoms with Crippen molar-refractivity contribution in [3.05, 3.63) is 29.8 Å². The zero-order valence-corrected chi connectivity index (χ0v) is 12.8. The molecule has 114 valence electrons. The van der Waals surface area contributed by atoms with E-state index >= 15 is 0 Å². The Morgan fingerprint density at radius 3 is 2.76 bits per heavy atom. The van der Waals surface area contributed by atoms with Gasteiger partial charge in [0.05, 0.1) is 29.7 Å². The number of H-pyrrole nitrogens is 1. The number of aromatic amines is 1. The fraction of sp³-hybridized carbons (Fsp3) is 0.500. The number of nitrogens with zero attached hydrogens (tertiary/aromatic N) is 3. The number of amides is 1. The van der Waals surface area contributed by atoms with Gasteiger partial charge in [-0.3, -0.25) is 14.6 Å². The van der Waals surface area contributed by atoms with E-state index in [1.807, 2.05) is 37.7 Å². The van der Waals surface area contributed by atoms with E-state index in [9.17, 15) is 4.79 Å². The van der Waals surface area contributed by atoms with Crippen LogP contribution in [0.4, 0.5) is 5.69 Å². The highest BCUT2D eigenvalue weighted by molar-refractivity contribution is 5.93. The summed E-state index contributed by atoms with van der Waals surface area (Å²) in [5.74, 6) is -0.0814. The van der Waals surface area contributed by atoms with Gasteiger partial charge >= 0.3 is 0 Å². The van der Waals surface area contributed by atoms with Crippen molar-refractivity contribution < 1.29 is 4.79 Å². The third-order valence-electron chi connectivity index (χ3n) is 3.64. The predicted molar refractivity (Wildman–Crippen MR) is 81.1 cm³/mol. The van der Waals surface area contributed by atoms with Crippen molar-refractivity contribution in [2.75, 3.05) is 11.9 Å². The van der Waals surface area contributed by atoms with Gasteiger partial charge in [0.15, 0.2) is 0 Å². The van der Waals surface area contributed by atoms with Gasteiger partial charge < -0.3 is 10.6 Å². The topological polar surface area (TPSA) is 87.6 Å². The van der Waals surface area contributed by atoms with E-state index in [1.54, 1.807) is 6.20 Å². The van der Waals surface area contributed by atoms with Crippen LogP contribution in [-0.4, -0.2) is 38.5 Å². The molecule has 7 nitrogen and oxygen atoms in total. The van der Waals surface area contributed by atoms with Crippen LogP contribution < -0.4 is 10.6 Å². The summed E-state index contributed by atoms with van der Waals surface area (Å²) < 4.78 is 1.87. The van der Waals surface area contributed by atoms with E-state index in [2.05, 4.69) is 32.9 Å². The molecule has 1 amide bonds. The molecule has 0 fully saturated rings. The van der Waals surface area contributed by atoms with Crippen LogP contribution in [0, 0.1) is 13.8 Å². The molecule has 2 heterocycles. The minimum atomic E-state index is -0.0814. The van der Waals surface area contributed by atoms with Crippen LogP contribution in [0.3, 0.4) is 0 Å². The number of hydrogen-bond donors (Lipinski definition) is 3. The van der Waals surface area contributed by atoms with Crippen LogP contribution in [0.5, 0.6) is 0 Å². The molecule has 0 aliphatic carbocycles. The van der Waals surface area contributed by atoms with Crippen molar-refractivity contribution in [3.8, 4) is 0 Å². The lowest BCUT2D eigenvalue weighted by molar-refractivity contribution is -0.115. The van der Waals surface area contributed by atoms with E-state index in [1.165, 1.54) is 0 Å². The van der Waals surface area contributed by atoms with Crippen molar-refractivity contribution >= 4 is 11.6 Å². The fourth-order valence-electron chi connectivity index (χ4n) is 2.09. The Hall–Kier alpha value is -2.15. The molecule has 2 aromatic heterocycles. The number of rotatable bonds is 6. The number of carbonyl (C=O) groups excluding carboxylic acids is 1. The molecule has 0 aliphatic heterocycles. The minimum absolute atomic E-state index is 0.0814. The van der Waals surface area contributed by atoms with Crippen molar-refractivity contribution in [1.29, 1.82) is 0 Å². The molecule has 0 bridgehead atoms. The highest BCUT2D eigenvalue weighted by Gasteiger charge is 2.16. The number of carbonyl (C=O) groups is 1. The van der Waals surface area contributed by atoms with Gasteiger partial charge in [0, 0.05) is 18.4 Å². The average Bonchev–Trinajstić information content (AvgIpc) is 3.09. The van der Waals surface area contributed by atoms with Crippen LogP contribution in [0.1, 0.15) is 31.3 Å². The van der Waals surface area contributed by atoms with E-state index in [-0.39, 0.29) is 24.5 Å². The molecule has 7 heteroatoms. The molecule has 0 unspecified atom stereocenters. The van der Waals surface area contributed by atoms with Crippen molar-refractivity contribution in [2.45, 2.75) is 39.8 Å². The molecular formula is C14H22N6O. The summed E-state index contributed by atoms with van der Waals surface area (Å²) in [6.45, 7) is 8.08. The summed E-state index contributed by atoms with van der Waals surface area (Å²) in [5.41, 5.74) is 2.41. The Bertz CT molecular complexity index is 569. The van der Waals surface area contributed by atoms with Crippen LogP contribution in [-0.2, 0) is 4.79 Å². The quantitative estimate of drug-likeness (QED) is 0.750. The minimum Gasteiger partial charge on any atom is -0.322 e. The second kappa shape index (κ2) is 6.53. The summed E-state index contributed by atoms with van der Waals surface area (Å²) in [7, 11) is 0. The molecule has 3 N–H and O–H groups in total. The normalized spacial score (nSPS) is 13.9. The number of aromatic nitrogens is 4. The Morgan fingerprint density at radius 1 is 1.43 bits per heavy atom. The molecule has 0 saturated carbocycles. The first-order valence-electron chi connectivity index (χ1n) is 7.03. The number of hydrogen-bond acceptors (Lipinski definition) is 4. The van der Waals surface area contributed by atoms with E-state index in [4.69, 9.17) is 0 Å². The molecule has 2 rings (SSSR count). The Morgan fingerprint density at radius 2 is 2.19 bits per heavy atom. The van der Waals surface area contributed by atoms with E-state index in [0.29, 0.717) is 0 Å². The van der Waals surface area contributed by atoms with Gasteiger partial charge in [-0.1, -0.05) is 0 Å². The SMILES string of the molecule is Cc1n[nH]c(C)c1NC(=O)CN[C@@H](C)[C@H](C)n1cccn1. The van der Waals surface area contributed by atoms with Gasteiger partial charge in [0.25, 0.3) is 0 Å². The smallest absolute Gasteiger partial charge is 0.238 e. The first kappa shape index (κ1) is 15.2. The molecular weight excluding hydrogens is 268 g/mol. The van der Waals surface area contributed by atoms with Gasteiger partial charge in [-0.15, -0.1) is 0 Å². The van der Waals surface area contributed by atoms with Gasteiger partial charge in [-0.2, -0.15) is 10.2 Å². The maximum absolute atomic E-state index is 12.0. The number of anilines is 1. The number of nitrogens with one attached hydrogen (secondary N) is 3. The molecule has 2 atom stereocenters. The Kier molecular flexibility index (Phi) is 4.74. The monoisotopic (exact) mass is 290 g/mol. The van der Waals surface area contributed by atoms with E-state index < -0.39 is 0 Å². The Balaban J connectivity index is 1.84. The molecule has 21 heavy (non-hydrogen) atoms. The first-order valence-corrected chi connectivity index (χ1v) is 7.03. The lowest BCUT2D eigenvalue weighted by Crippen LogP contribution is -2.39. The highest BCUT2D eigenvalue weighted by atomic mass is 16.1. The van der Waals surface area contributed by atoms with Gasteiger partial charge in [-0.25, -0.2) is 0 Å². The Labute approximate surface area is 124 Å². The largest absolute Gasteiger partial charge is 0.322 e. The highest BCUT2D eigenvalue weighted by Crippen LogP contribution is 2.15. The van der Waals surface area contributed by atoms with Crippen molar-refractivity contribution in [3.63, 3.8) is 0 Å². The van der Waals surface area contributed by atoms with E-state index in [0.717, 1.165) is 17.1 Å². The van der Waals surface area contributed by atoms with Crippen LogP contribution in [0.25, 0.3) is 0 Å². The summed E-state index contributed by atoms with van der Waals surface area (Å²) >= 11 is 0. The zero-order chi connectivity index (χ0) is 15.4. The lowest BCUT2D eigenvalue weighted by atomic mass is 10.2. The predicted octanol–water partition coefficient (Wildman–Crippen LogP) is 1.40. The van der Waals surface area contributed by atoms with Crippen molar-refractivity contribution in [2.24, 2.45) is 0 Å². The van der Waals surface area contributed by atoms with Gasteiger partial charge in [0.1, 0.15) is 0 Å². The van der Waals surface area contributed by atoms with Crippen LogP contribution in [0.15, 0.2) is 18.5 Å². The van der Waals surface area contributed by atoms with Crippen LogP contribution >= 0.6 is 0 Å². The molecule has 0 aliphatic rings. The second-order valence-corrected chi connectivity index (χ2v) is 5.25. The molecule has 0 aromatic carbocycles. The molecule has 0 radical (unpaired) electrons. The number of aryl methyl sites for hydroxylation is 2. The summed E-state index contributed by atoms with van der Waals surface area (Å²) in [6, 6.07) is 2.19. The molecule has 0 saturated heterocycles. The van der Waals surface area contributed by atoms with Crippen LogP contribution in [0.2, 0.25) is 0 Å². The standard InChI is InChI=1S/C14H22N6O/c1-9(12(4)20-7-5-6-16-20)15-8-13(21)17-14-10(2)18-19-11(14)3/h5-7,9,12,15H,8H2,1-4H3,(H,17,21)(H,18,19)/t9-,12-/m0/s1. The lowest BCUT2D eigenvalue weighted by Gasteiger charge is -2.21. The maximum Gasteiger partial charge on any atom is 0.238 e. The van der Waals surface area contributed by atoms with Gasteiger partial charge in [0.2, 0.25) is 5.91 Å². The summed E-state index contributed by atoms with van der Waals surface area (Å²) in [6.07, 6.45) is 3.67. The fourth-order valence-corrected chi connectivity index (χ4v) is 2.09. The third-order valence-corrected chi connectivity index (χ3v) is 3.64.